The van der Waals surface area contributed by atoms with Gasteiger partial charge >= 0.3 is 7.12 Å². The number of carbonyl (C=O) groups is 2. The monoisotopic (exact) mass is 547 g/mol. The first kappa shape index (κ1) is 29.1. The second-order valence-corrected chi connectivity index (χ2v) is 12.6. The standard InChI is InChI=1S/C33H46BNO5/c1-5-10-24-18-26-30(33(38)35(32(26)37)25-11-8-7-9-12-25)27-19-34(39)40-28(29(24)27)14-13-22(6-2)17-23-15-20(3)31(36)21(4)16-23/h15-17,25-28,30,36,39H,5-14,18-19H2,1-4H3/b22-17+/t26-,27+,28-,30-/m1/s1. The lowest BCUT2D eigenvalue weighted by Crippen LogP contribution is -2.46. The highest BCUT2D eigenvalue weighted by atomic mass is 16.5. The molecule has 1 aromatic carbocycles. The molecule has 0 radical (unpaired) electrons. The van der Waals surface area contributed by atoms with Crippen LogP contribution in [0.2, 0.25) is 6.32 Å². The average Bonchev–Trinajstić information content (AvgIpc) is 3.19. The van der Waals surface area contributed by atoms with Crippen molar-refractivity contribution in [3.8, 4) is 5.75 Å². The number of hydrogen-bond donors (Lipinski definition) is 2. The van der Waals surface area contributed by atoms with Gasteiger partial charge in [-0.1, -0.05) is 56.8 Å². The van der Waals surface area contributed by atoms with Crippen molar-refractivity contribution in [2.24, 2.45) is 17.8 Å². The molecule has 6 nitrogen and oxygen atoms in total. The van der Waals surface area contributed by atoms with Gasteiger partial charge < -0.3 is 14.8 Å². The van der Waals surface area contributed by atoms with Gasteiger partial charge in [0, 0.05) is 6.04 Å². The van der Waals surface area contributed by atoms with E-state index < -0.39 is 7.12 Å². The molecule has 0 aromatic heterocycles. The van der Waals surface area contributed by atoms with Gasteiger partial charge in [0.2, 0.25) is 11.8 Å². The number of imide groups is 1. The number of carbonyl (C=O) groups excluding carboxylic acids is 2. The van der Waals surface area contributed by atoms with E-state index in [2.05, 4.69) is 19.9 Å². The molecule has 3 fully saturated rings. The van der Waals surface area contributed by atoms with Gasteiger partial charge in [0.05, 0.1) is 17.9 Å². The van der Waals surface area contributed by atoms with Crippen LogP contribution < -0.4 is 0 Å². The van der Waals surface area contributed by atoms with Crippen LogP contribution in [0.1, 0.15) is 101 Å². The minimum absolute atomic E-state index is 0.0000106. The maximum Gasteiger partial charge on any atom is 0.455 e. The number of hydrogen-bond acceptors (Lipinski definition) is 5. The Balaban J connectivity index is 1.41. The largest absolute Gasteiger partial charge is 0.507 e. The van der Waals surface area contributed by atoms with Crippen LogP contribution in [0, 0.1) is 31.6 Å². The molecule has 2 heterocycles. The van der Waals surface area contributed by atoms with Gasteiger partial charge in [-0.15, -0.1) is 0 Å². The lowest BCUT2D eigenvalue weighted by atomic mass is 9.58. The van der Waals surface area contributed by atoms with Crippen molar-refractivity contribution in [1.82, 2.24) is 4.90 Å². The molecule has 7 heteroatoms. The fourth-order valence-electron chi connectivity index (χ4n) is 8.00. The molecule has 2 N–H and O–H groups in total. The summed E-state index contributed by atoms with van der Waals surface area (Å²) in [6.07, 6.45) is 12.5. The van der Waals surface area contributed by atoms with Crippen LogP contribution in [-0.2, 0) is 14.2 Å². The summed E-state index contributed by atoms with van der Waals surface area (Å²) in [6, 6.07) is 4.07. The van der Waals surface area contributed by atoms with Gasteiger partial charge in [-0.2, -0.15) is 0 Å². The number of allylic oxidation sites excluding steroid dienone is 2. The van der Waals surface area contributed by atoms with Crippen LogP contribution >= 0.6 is 0 Å². The van der Waals surface area contributed by atoms with E-state index in [9.17, 15) is 19.7 Å². The number of aromatic hydroxyl groups is 1. The van der Waals surface area contributed by atoms with Gasteiger partial charge in [0.15, 0.2) is 0 Å². The molecule has 0 bridgehead atoms. The van der Waals surface area contributed by atoms with Gasteiger partial charge in [-0.3, -0.25) is 14.5 Å². The Morgan fingerprint density at radius 1 is 1.07 bits per heavy atom. The summed E-state index contributed by atoms with van der Waals surface area (Å²) in [7, 11) is -0.927. The van der Waals surface area contributed by atoms with E-state index in [0.717, 1.165) is 74.5 Å². The van der Waals surface area contributed by atoms with Crippen molar-refractivity contribution in [3.63, 3.8) is 0 Å². The smallest absolute Gasteiger partial charge is 0.455 e. The highest BCUT2D eigenvalue weighted by Gasteiger charge is 2.58. The molecular formula is C33H46BNO5. The quantitative estimate of drug-likeness (QED) is 0.220. The number of phenolic OH excluding ortho intramolecular Hbond substituents is 1. The van der Waals surface area contributed by atoms with Crippen LogP contribution in [0.5, 0.6) is 5.75 Å². The second-order valence-electron chi connectivity index (χ2n) is 12.6. The van der Waals surface area contributed by atoms with Crippen molar-refractivity contribution in [1.29, 1.82) is 0 Å². The molecule has 4 aliphatic rings. The number of benzene rings is 1. The molecule has 2 aliphatic carbocycles. The fourth-order valence-corrected chi connectivity index (χ4v) is 8.00. The summed E-state index contributed by atoms with van der Waals surface area (Å²) in [5, 5.41) is 21.0. The SMILES string of the molecule is CCCC1=C2[C@@H](CC/C(=C/c3cc(C)c(O)c(C)c3)CC)OB(O)C[C@@H]2[C@@H]2C(=O)N(C3CCCCC3)C(=O)[C@@H]2C1. The zero-order chi connectivity index (χ0) is 28.6. The molecule has 40 heavy (non-hydrogen) atoms. The number of fused-ring (bicyclic) bond motifs is 3. The van der Waals surface area contributed by atoms with Gasteiger partial charge in [-0.05, 0) is 105 Å². The molecule has 2 aliphatic heterocycles. The molecule has 1 aromatic rings. The summed E-state index contributed by atoms with van der Waals surface area (Å²) >= 11 is 0. The molecule has 0 spiro atoms. The van der Waals surface area contributed by atoms with Crippen molar-refractivity contribution < 1.29 is 24.4 Å². The number of nitrogens with zero attached hydrogens (tertiary/aromatic N) is 1. The molecule has 5 rings (SSSR count). The van der Waals surface area contributed by atoms with Crippen molar-refractivity contribution >= 4 is 25.0 Å². The average molecular weight is 548 g/mol. The third-order valence-electron chi connectivity index (χ3n) is 9.90. The fraction of sp³-hybridized carbons (Fsp3) is 0.636. The molecule has 0 unspecified atom stereocenters. The summed E-state index contributed by atoms with van der Waals surface area (Å²) < 4.78 is 6.21. The minimum Gasteiger partial charge on any atom is -0.507 e. The third-order valence-corrected chi connectivity index (χ3v) is 9.90. The van der Waals surface area contributed by atoms with Gasteiger partial charge in [0.1, 0.15) is 5.75 Å². The predicted octanol–water partition coefficient (Wildman–Crippen LogP) is 6.51. The highest BCUT2D eigenvalue weighted by molar-refractivity contribution is 6.43. The number of amides is 2. The Labute approximate surface area is 240 Å². The van der Waals surface area contributed by atoms with E-state index in [0.29, 0.717) is 18.5 Å². The molecule has 216 valence electrons. The summed E-state index contributed by atoms with van der Waals surface area (Å²) in [5.41, 5.74) is 6.58. The summed E-state index contributed by atoms with van der Waals surface area (Å²) in [4.78, 5) is 29.3. The number of phenols is 1. The Hall–Kier alpha value is -2.38. The Bertz CT molecular complexity index is 1180. The van der Waals surface area contributed by atoms with E-state index in [4.69, 9.17) is 4.65 Å². The Morgan fingerprint density at radius 3 is 2.42 bits per heavy atom. The van der Waals surface area contributed by atoms with E-state index in [1.165, 1.54) is 23.1 Å². The topological polar surface area (TPSA) is 87.1 Å². The summed E-state index contributed by atoms with van der Waals surface area (Å²) in [6.45, 7) is 8.16. The highest BCUT2D eigenvalue weighted by Crippen LogP contribution is 2.52. The van der Waals surface area contributed by atoms with Crippen LogP contribution in [0.15, 0.2) is 28.9 Å². The number of rotatable bonds is 8. The second kappa shape index (κ2) is 12.2. The van der Waals surface area contributed by atoms with E-state index in [-0.39, 0.29) is 41.7 Å². The first-order chi connectivity index (χ1) is 19.2. The first-order valence-electron chi connectivity index (χ1n) is 15.6. The Morgan fingerprint density at radius 2 is 1.77 bits per heavy atom. The minimum atomic E-state index is -0.927. The molecule has 2 amide bonds. The van der Waals surface area contributed by atoms with Crippen molar-refractivity contribution in [3.05, 3.63) is 45.5 Å². The zero-order valence-corrected chi connectivity index (χ0v) is 24.7. The van der Waals surface area contributed by atoms with Crippen LogP contribution in [-0.4, -0.2) is 46.1 Å². The number of likely N-dealkylation sites (tertiary alicyclic amines) is 1. The predicted molar refractivity (Wildman–Crippen MR) is 158 cm³/mol. The van der Waals surface area contributed by atoms with E-state index in [1.807, 2.05) is 26.0 Å². The summed E-state index contributed by atoms with van der Waals surface area (Å²) in [5.74, 6) is -0.407. The normalized spacial score (nSPS) is 27.9. The van der Waals surface area contributed by atoms with Crippen molar-refractivity contribution in [2.45, 2.75) is 117 Å². The Kier molecular flexibility index (Phi) is 8.91. The van der Waals surface area contributed by atoms with Gasteiger partial charge in [-0.25, -0.2) is 0 Å². The van der Waals surface area contributed by atoms with Crippen LogP contribution in [0.4, 0.5) is 0 Å². The first-order valence-corrected chi connectivity index (χ1v) is 15.6. The van der Waals surface area contributed by atoms with E-state index >= 15 is 0 Å². The third kappa shape index (κ3) is 5.56. The molecule has 2 saturated heterocycles. The van der Waals surface area contributed by atoms with Crippen LogP contribution in [0.25, 0.3) is 6.08 Å². The molecule has 4 atom stereocenters. The molecular weight excluding hydrogens is 501 g/mol. The van der Waals surface area contributed by atoms with E-state index in [1.54, 1.807) is 4.90 Å². The maximum atomic E-state index is 13.9. The maximum absolute atomic E-state index is 13.9. The van der Waals surface area contributed by atoms with Crippen molar-refractivity contribution in [2.75, 3.05) is 0 Å². The lowest BCUT2D eigenvalue weighted by Gasteiger charge is -2.43. The van der Waals surface area contributed by atoms with Crippen LogP contribution in [0.3, 0.4) is 0 Å². The zero-order valence-electron chi connectivity index (χ0n) is 24.7. The lowest BCUT2D eigenvalue weighted by molar-refractivity contribution is -0.143. The number of aryl methyl sites for hydroxylation is 2. The molecule has 1 saturated carbocycles. The van der Waals surface area contributed by atoms with Gasteiger partial charge in [0.25, 0.3) is 0 Å².